The minimum absolute atomic E-state index is 0.0277. The average Bonchev–Trinajstić information content (AvgIpc) is 3.07. The molecule has 25 heavy (non-hydrogen) atoms. The van der Waals surface area contributed by atoms with Crippen LogP contribution in [0.1, 0.15) is 29.6 Å². The van der Waals surface area contributed by atoms with Gasteiger partial charge in [-0.25, -0.2) is 4.99 Å². The maximum Gasteiger partial charge on any atom is 0.283 e. The molecule has 126 valence electrons. The number of hydrogen-bond acceptors (Lipinski definition) is 3. The Hall–Kier alpha value is -3.02. The van der Waals surface area contributed by atoms with E-state index in [1.807, 2.05) is 6.08 Å². The smallest absolute Gasteiger partial charge is 0.283 e. The summed E-state index contributed by atoms with van der Waals surface area (Å²) in [7, 11) is 1.59. The molecule has 6 heteroatoms. The van der Waals surface area contributed by atoms with Gasteiger partial charge >= 0.3 is 0 Å². The Balaban J connectivity index is 1.66. The molecule has 0 saturated carbocycles. The van der Waals surface area contributed by atoms with Gasteiger partial charge in [0, 0.05) is 30.4 Å². The Morgan fingerprint density at radius 3 is 3.00 bits per heavy atom. The predicted molar refractivity (Wildman–Crippen MR) is 93.2 cm³/mol. The third-order valence-electron chi connectivity index (χ3n) is 4.85. The molecule has 4 rings (SSSR count). The Morgan fingerprint density at radius 2 is 2.16 bits per heavy atom. The molecule has 0 fully saturated rings. The third-order valence-corrected chi connectivity index (χ3v) is 4.85. The lowest BCUT2D eigenvalue weighted by atomic mass is 9.85. The van der Waals surface area contributed by atoms with Gasteiger partial charge < -0.3 is 9.88 Å². The van der Waals surface area contributed by atoms with Crippen LogP contribution >= 0.6 is 0 Å². The largest absolute Gasteiger partial charge is 0.325 e. The van der Waals surface area contributed by atoms with Crippen LogP contribution in [0.2, 0.25) is 0 Å². The van der Waals surface area contributed by atoms with Crippen LogP contribution in [-0.2, 0) is 11.8 Å². The number of nitrogens with zero attached hydrogens (tertiary/aromatic N) is 2. The van der Waals surface area contributed by atoms with Gasteiger partial charge in [-0.15, -0.1) is 0 Å². The molecular weight excluding hydrogens is 318 g/mol. The molecular formula is C19H17N3O3. The number of hydrogen-bond donors (Lipinski definition) is 1. The second-order valence-corrected chi connectivity index (χ2v) is 6.43. The molecule has 6 nitrogen and oxygen atoms in total. The highest BCUT2D eigenvalue weighted by atomic mass is 16.2. The number of rotatable bonds is 1. The van der Waals surface area contributed by atoms with Crippen LogP contribution < -0.4 is 10.9 Å². The molecule has 1 unspecified atom stereocenters. The van der Waals surface area contributed by atoms with Crippen molar-refractivity contribution < 1.29 is 9.59 Å². The second-order valence-electron chi connectivity index (χ2n) is 6.43. The van der Waals surface area contributed by atoms with Gasteiger partial charge in [0.05, 0.1) is 5.71 Å². The van der Waals surface area contributed by atoms with Crippen LogP contribution in [0.15, 0.2) is 63.2 Å². The molecule has 0 spiro atoms. The summed E-state index contributed by atoms with van der Waals surface area (Å²) in [5.41, 5.74) is 2.91. The minimum atomic E-state index is -0.584. The van der Waals surface area contributed by atoms with E-state index in [2.05, 4.69) is 10.3 Å². The summed E-state index contributed by atoms with van der Waals surface area (Å²) in [6.45, 7) is 0. The van der Waals surface area contributed by atoms with E-state index in [0.29, 0.717) is 5.71 Å². The van der Waals surface area contributed by atoms with Gasteiger partial charge in [0.1, 0.15) is 5.56 Å². The van der Waals surface area contributed by atoms with Crippen molar-refractivity contribution in [1.82, 2.24) is 9.88 Å². The molecule has 2 aliphatic carbocycles. The lowest BCUT2D eigenvalue weighted by Gasteiger charge is -2.28. The van der Waals surface area contributed by atoms with E-state index in [0.717, 1.165) is 30.5 Å². The predicted octanol–water partition coefficient (Wildman–Crippen LogP) is 1.65. The summed E-state index contributed by atoms with van der Waals surface area (Å²) in [5.74, 6) is -0.569. The first kappa shape index (κ1) is 15.5. The first-order chi connectivity index (χ1) is 12.0. The molecule has 0 aromatic carbocycles. The molecule has 1 aromatic rings. The first-order valence-corrected chi connectivity index (χ1v) is 8.26. The van der Waals surface area contributed by atoms with Crippen molar-refractivity contribution in [3.05, 3.63) is 69.3 Å². The number of aromatic nitrogens is 1. The van der Waals surface area contributed by atoms with Crippen molar-refractivity contribution in [3.63, 3.8) is 0 Å². The van der Waals surface area contributed by atoms with Crippen LogP contribution in [0.5, 0.6) is 0 Å². The van der Waals surface area contributed by atoms with Crippen molar-refractivity contribution in [3.8, 4) is 0 Å². The molecule has 2 amide bonds. The van der Waals surface area contributed by atoms with Gasteiger partial charge in [0.15, 0.2) is 0 Å². The number of fused-ring (bicyclic) bond motifs is 2. The standard InChI is InChI=1S/C19H17N3O3/c1-22-9-3-6-15(19(22)25)18(24)20-11-7-8-13-12-4-2-5-14(12)17(23)21-16(13)10-11/h3,6-10,13H,2,4-5H2,1H3,(H,21,23). The van der Waals surface area contributed by atoms with Gasteiger partial charge in [-0.1, -0.05) is 6.08 Å². The monoisotopic (exact) mass is 335 g/mol. The van der Waals surface area contributed by atoms with Crippen molar-refractivity contribution in [2.45, 2.75) is 19.3 Å². The number of carbonyl (C=O) groups is 2. The topological polar surface area (TPSA) is 80.5 Å². The van der Waals surface area contributed by atoms with E-state index in [9.17, 15) is 14.4 Å². The van der Waals surface area contributed by atoms with Gasteiger partial charge in [0.2, 0.25) is 0 Å². The summed E-state index contributed by atoms with van der Waals surface area (Å²) in [5, 5.41) is 2.91. The fourth-order valence-electron chi connectivity index (χ4n) is 3.60. The lowest BCUT2D eigenvalue weighted by molar-refractivity contribution is -0.117. The SMILES string of the molecule is Cn1cccc(C(=O)N=C2C=CC3C(=C2)NC(=O)C2=C3CCC2)c1=O. The maximum absolute atomic E-state index is 12.3. The first-order valence-electron chi connectivity index (χ1n) is 8.26. The van der Waals surface area contributed by atoms with E-state index < -0.39 is 5.91 Å². The molecule has 1 atom stereocenters. The molecule has 1 aromatic heterocycles. The molecule has 3 aliphatic rings. The van der Waals surface area contributed by atoms with Crippen molar-refractivity contribution in [1.29, 1.82) is 0 Å². The normalized spacial score (nSPS) is 23.2. The van der Waals surface area contributed by atoms with Gasteiger partial charge in [-0.3, -0.25) is 14.4 Å². The number of allylic oxidation sites excluding steroid dienone is 3. The second kappa shape index (κ2) is 5.81. The van der Waals surface area contributed by atoms with Crippen molar-refractivity contribution in [2.75, 3.05) is 0 Å². The van der Waals surface area contributed by atoms with Crippen LogP contribution in [-0.4, -0.2) is 22.1 Å². The molecule has 0 bridgehead atoms. The zero-order chi connectivity index (χ0) is 17.6. The Morgan fingerprint density at radius 1 is 1.32 bits per heavy atom. The van der Waals surface area contributed by atoms with E-state index in [4.69, 9.17) is 0 Å². The molecule has 1 N–H and O–H groups in total. The van der Waals surface area contributed by atoms with E-state index in [-0.39, 0.29) is 22.9 Å². The Bertz CT molecular complexity index is 976. The van der Waals surface area contributed by atoms with Crippen molar-refractivity contribution in [2.24, 2.45) is 18.0 Å². The van der Waals surface area contributed by atoms with Gasteiger partial charge in [0.25, 0.3) is 17.4 Å². The van der Waals surface area contributed by atoms with Crippen LogP contribution in [0.25, 0.3) is 0 Å². The van der Waals surface area contributed by atoms with Crippen LogP contribution in [0, 0.1) is 5.92 Å². The third kappa shape index (κ3) is 2.59. The summed E-state index contributed by atoms with van der Waals surface area (Å²) >= 11 is 0. The summed E-state index contributed by atoms with van der Waals surface area (Å²) in [6.07, 6.45) is 9.81. The Kier molecular flexibility index (Phi) is 3.60. The number of amides is 2. The summed E-state index contributed by atoms with van der Waals surface area (Å²) in [6, 6.07) is 3.10. The van der Waals surface area contributed by atoms with Crippen LogP contribution in [0.3, 0.4) is 0 Å². The van der Waals surface area contributed by atoms with E-state index in [1.165, 1.54) is 16.2 Å². The van der Waals surface area contributed by atoms with E-state index in [1.54, 1.807) is 31.5 Å². The highest BCUT2D eigenvalue weighted by Crippen LogP contribution is 2.39. The van der Waals surface area contributed by atoms with Crippen LogP contribution in [0.4, 0.5) is 0 Å². The molecule has 0 saturated heterocycles. The molecule has 0 radical (unpaired) electrons. The summed E-state index contributed by atoms with van der Waals surface area (Å²) in [4.78, 5) is 40.6. The van der Waals surface area contributed by atoms with E-state index >= 15 is 0 Å². The lowest BCUT2D eigenvalue weighted by Crippen LogP contribution is -2.35. The summed E-state index contributed by atoms with van der Waals surface area (Å²) < 4.78 is 1.34. The molecule has 2 heterocycles. The highest BCUT2D eigenvalue weighted by Gasteiger charge is 2.34. The number of aryl methyl sites for hydroxylation is 1. The maximum atomic E-state index is 12.3. The number of aliphatic imine (C=N–C) groups is 1. The number of carbonyl (C=O) groups excluding carboxylic acids is 2. The Labute approximate surface area is 144 Å². The number of nitrogens with one attached hydrogen (secondary N) is 1. The zero-order valence-electron chi connectivity index (χ0n) is 13.8. The fourth-order valence-corrected chi connectivity index (χ4v) is 3.60. The van der Waals surface area contributed by atoms with Gasteiger partial charge in [-0.05, 0) is 49.1 Å². The minimum Gasteiger partial charge on any atom is -0.325 e. The quantitative estimate of drug-likeness (QED) is 0.847. The average molecular weight is 335 g/mol. The van der Waals surface area contributed by atoms with Gasteiger partial charge in [-0.2, -0.15) is 0 Å². The zero-order valence-corrected chi connectivity index (χ0v) is 13.8. The number of pyridine rings is 1. The molecule has 1 aliphatic heterocycles. The highest BCUT2D eigenvalue weighted by molar-refractivity contribution is 6.14. The fraction of sp³-hybridized carbons (Fsp3) is 0.263. The van der Waals surface area contributed by atoms with Crippen molar-refractivity contribution >= 4 is 17.5 Å².